The third kappa shape index (κ3) is 3.96. The van der Waals surface area contributed by atoms with E-state index in [9.17, 15) is 9.59 Å². The molecule has 2 heterocycles. The molecule has 1 N–H and O–H groups in total. The second-order valence-corrected chi connectivity index (χ2v) is 7.79. The van der Waals surface area contributed by atoms with Gasteiger partial charge in [0.2, 0.25) is 5.78 Å². The van der Waals surface area contributed by atoms with Crippen molar-refractivity contribution in [3.05, 3.63) is 78.6 Å². The zero-order chi connectivity index (χ0) is 16.2. The van der Waals surface area contributed by atoms with Crippen LogP contribution in [-0.2, 0) is 6.54 Å². The summed E-state index contributed by atoms with van der Waals surface area (Å²) in [7, 11) is 0. The molecule has 116 valence electrons. The molecule has 0 bridgehead atoms. The number of hydrogen-bond acceptors (Lipinski definition) is 4. The van der Waals surface area contributed by atoms with E-state index in [1.807, 2.05) is 41.8 Å². The molecule has 0 aliphatic rings. The van der Waals surface area contributed by atoms with Crippen molar-refractivity contribution in [3.8, 4) is 0 Å². The van der Waals surface area contributed by atoms with Gasteiger partial charge >= 0.3 is 0 Å². The van der Waals surface area contributed by atoms with E-state index in [1.165, 1.54) is 22.7 Å². The van der Waals surface area contributed by atoms with Gasteiger partial charge in [-0.25, -0.2) is 0 Å². The molecule has 0 aliphatic carbocycles. The van der Waals surface area contributed by atoms with Crippen LogP contribution in [0, 0.1) is 0 Å². The minimum atomic E-state index is -0.128. The summed E-state index contributed by atoms with van der Waals surface area (Å²) in [6, 6.07) is 14.6. The Morgan fingerprint density at radius 2 is 1.78 bits per heavy atom. The quantitative estimate of drug-likeness (QED) is 0.623. The van der Waals surface area contributed by atoms with Gasteiger partial charge in [0, 0.05) is 14.9 Å². The maximum Gasteiger partial charge on any atom is 0.251 e. The summed E-state index contributed by atoms with van der Waals surface area (Å²) in [5, 5.41) is 4.76. The number of hydrogen-bond donors (Lipinski definition) is 1. The summed E-state index contributed by atoms with van der Waals surface area (Å²) in [4.78, 5) is 26.7. The van der Waals surface area contributed by atoms with Crippen molar-refractivity contribution in [1.29, 1.82) is 0 Å². The highest BCUT2D eigenvalue weighted by Gasteiger charge is 2.13. The van der Waals surface area contributed by atoms with Crippen molar-refractivity contribution >= 4 is 50.3 Å². The molecule has 3 rings (SSSR count). The molecule has 0 radical (unpaired) electrons. The first-order valence-electron chi connectivity index (χ1n) is 6.84. The first kappa shape index (κ1) is 16.1. The van der Waals surface area contributed by atoms with Crippen LogP contribution < -0.4 is 5.32 Å². The van der Waals surface area contributed by atoms with Crippen molar-refractivity contribution in [3.63, 3.8) is 0 Å². The summed E-state index contributed by atoms with van der Waals surface area (Å²) >= 11 is 6.19. The van der Waals surface area contributed by atoms with Gasteiger partial charge in [0.15, 0.2) is 0 Å². The molecule has 3 nitrogen and oxygen atoms in total. The summed E-state index contributed by atoms with van der Waals surface area (Å²) < 4.78 is 0.934. The van der Waals surface area contributed by atoms with Crippen LogP contribution >= 0.6 is 38.6 Å². The molecule has 0 spiro atoms. The number of ketones is 1. The van der Waals surface area contributed by atoms with E-state index in [-0.39, 0.29) is 11.7 Å². The van der Waals surface area contributed by atoms with Gasteiger partial charge in [-0.05, 0) is 47.8 Å². The van der Waals surface area contributed by atoms with Gasteiger partial charge in [0.05, 0.1) is 16.3 Å². The van der Waals surface area contributed by atoms with Crippen LogP contribution in [0.5, 0.6) is 0 Å². The first-order valence-corrected chi connectivity index (χ1v) is 9.33. The zero-order valence-corrected chi connectivity index (χ0v) is 15.1. The number of nitrogens with one attached hydrogen (secondary N) is 1. The minimum absolute atomic E-state index is 0.0375. The smallest absolute Gasteiger partial charge is 0.251 e. The van der Waals surface area contributed by atoms with Gasteiger partial charge in [-0.1, -0.05) is 22.0 Å². The third-order valence-electron chi connectivity index (χ3n) is 3.16. The van der Waals surface area contributed by atoms with Gasteiger partial charge < -0.3 is 5.32 Å². The summed E-state index contributed by atoms with van der Waals surface area (Å²) in [5.74, 6) is -0.0903. The summed E-state index contributed by atoms with van der Waals surface area (Å²) in [6.07, 6.45) is 0. The van der Waals surface area contributed by atoms with Gasteiger partial charge in [0.1, 0.15) is 0 Å². The van der Waals surface area contributed by atoms with Crippen LogP contribution in [0.25, 0.3) is 0 Å². The molecule has 0 fully saturated rings. The number of thiophene rings is 2. The van der Waals surface area contributed by atoms with E-state index in [2.05, 4.69) is 21.2 Å². The van der Waals surface area contributed by atoms with Crippen molar-refractivity contribution in [2.45, 2.75) is 6.54 Å². The standard InChI is InChI=1S/C17H12BrNO2S2/c18-12-5-3-11(4-6-12)17(21)19-10-13-7-8-15(23-13)16(20)14-2-1-9-22-14/h1-9H,10H2,(H,19,21). The largest absolute Gasteiger partial charge is 0.347 e. The molecule has 1 amide bonds. The molecule has 3 aromatic rings. The highest BCUT2D eigenvalue weighted by molar-refractivity contribution is 9.10. The van der Waals surface area contributed by atoms with Crippen LogP contribution in [0.15, 0.2) is 58.4 Å². The Bertz CT molecular complexity index is 823. The average molecular weight is 406 g/mol. The lowest BCUT2D eigenvalue weighted by molar-refractivity contribution is 0.0950. The first-order chi connectivity index (χ1) is 11.1. The lowest BCUT2D eigenvalue weighted by Crippen LogP contribution is -2.22. The Labute approximate surface area is 150 Å². The topological polar surface area (TPSA) is 46.2 Å². The average Bonchev–Trinajstić information content (AvgIpc) is 3.24. The number of carbonyl (C=O) groups excluding carboxylic acids is 2. The summed E-state index contributed by atoms with van der Waals surface area (Å²) in [6.45, 7) is 0.414. The van der Waals surface area contributed by atoms with Crippen molar-refractivity contribution < 1.29 is 9.59 Å². The van der Waals surface area contributed by atoms with E-state index < -0.39 is 0 Å². The van der Waals surface area contributed by atoms with Crippen molar-refractivity contribution in [1.82, 2.24) is 5.32 Å². The zero-order valence-electron chi connectivity index (χ0n) is 11.9. The van der Waals surface area contributed by atoms with Crippen LogP contribution in [-0.4, -0.2) is 11.7 Å². The number of carbonyl (C=O) groups is 2. The predicted molar refractivity (Wildman–Crippen MR) is 97.4 cm³/mol. The maximum absolute atomic E-state index is 12.2. The Balaban J connectivity index is 1.62. The fraction of sp³-hybridized carbons (Fsp3) is 0.0588. The van der Waals surface area contributed by atoms with Crippen molar-refractivity contribution in [2.75, 3.05) is 0 Å². The van der Waals surface area contributed by atoms with Gasteiger partial charge in [-0.15, -0.1) is 22.7 Å². The molecule has 6 heteroatoms. The lowest BCUT2D eigenvalue weighted by atomic mass is 10.2. The second kappa shape index (κ2) is 7.21. The highest BCUT2D eigenvalue weighted by atomic mass is 79.9. The minimum Gasteiger partial charge on any atom is -0.347 e. The monoisotopic (exact) mass is 405 g/mol. The number of halogens is 1. The SMILES string of the molecule is O=C(NCc1ccc(C(=O)c2cccs2)s1)c1ccc(Br)cc1. The highest BCUT2D eigenvalue weighted by Crippen LogP contribution is 2.22. The Kier molecular flexibility index (Phi) is 5.05. The normalized spacial score (nSPS) is 10.5. The molecule has 0 atom stereocenters. The summed E-state index contributed by atoms with van der Waals surface area (Å²) in [5.41, 5.74) is 0.611. The fourth-order valence-electron chi connectivity index (χ4n) is 1.99. The van der Waals surface area contributed by atoms with E-state index in [0.29, 0.717) is 17.0 Å². The van der Waals surface area contributed by atoms with Crippen LogP contribution in [0.1, 0.15) is 29.8 Å². The maximum atomic E-state index is 12.2. The third-order valence-corrected chi connectivity index (χ3v) is 5.64. The molecular weight excluding hydrogens is 394 g/mol. The Hall–Kier alpha value is -1.76. The van der Waals surface area contributed by atoms with Gasteiger partial charge in [0.25, 0.3) is 5.91 Å². The molecule has 1 aromatic carbocycles. The Morgan fingerprint density at radius 1 is 1.00 bits per heavy atom. The molecule has 23 heavy (non-hydrogen) atoms. The van der Waals surface area contributed by atoms with Crippen molar-refractivity contribution in [2.24, 2.45) is 0 Å². The number of amides is 1. The van der Waals surface area contributed by atoms with Gasteiger partial charge in [-0.3, -0.25) is 9.59 Å². The molecule has 0 saturated heterocycles. The number of benzene rings is 1. The van der Waals surface area contributed by atoms with Crippen LogP contribution in [0.4, 0.5) is 0 Å². The van der Waals surface area contributed by atoms with E-state index in [0.717, 1.165) is 14.2 Å². The van der Waals surface area contributed by atoms with E-state index in [1.54, 1.807) is 12.1 Å². The molecular formula is C17H12BrNO2S2. The molecule has 0 aliphatic heterocycles. The van der Waals surface area contributed by atoms with E-state index >= 15 is 0 Å². The predicted octanol–water partition coefficient (Wildman–Crippen LogP) is 4.73. The van der Waals surface area contributed by atoms with Crippen LogP contribution in [0.3, 0.4) is 0 Å². The molecule has 2 aromatic heterocycles. The van der Waals surface area contributed by atoms with Gasteiger partial charge in [-0.2, -0.15) is 0 Å². The molecule has 0 unspecified atom stereocenters. The molecule has 0 saturated carbocycles. The fourth-order valence-corrected chi connectivity index (χ4v) is 3.90. The second-order valence-electron chi connectivity index (χ2n) is 4.76. The lowest BCUT2D eigenvalue weighted by Gasteiger charge is -2.03. The number of rotatable bonds is 5. The van der Waals surface area contributed by atoms with E-state index in [4.69, 9.17) is 0 Å². The van der Waals surface area contributed by atoms with Crippen LogP contribution in [0.2, 0.25) is 0 Å². The Morgan fingerprint density at radius 3 is 2.48 bits per heavy atom.